The maximum atomic E-state index is 2.51. The average Bonchev–Trinajstić information content (AvgIpc) is 3.57. The van der Waals surface area contributed by atoms with Crippen molar-refractivity contribution >= 4 is 30.7 Å². The molecule has 2 aromatic carbocycles. The number of benzene rings is 2. The van der Waals surface area contributed by atoms with Crippen LogP contribution >= 0.6 is 11.3 Å². The van der Waals surface area contributed by atoms with Crippen molar-refractivity contribution in [2.75, 3.05) is 0 Å². The standard InChI is InChI=1S/C22H23.C10H12SSi.2ClH.Zr/c1-16-14-20-8-5-9-21(22(20)15-16)19-12-10-18(11-13-19)17-6-3-2-4-7-17;1-6-9-7-4-5-11-8(7)10(6)12(9,2)3;;;/h5,8-15,17H,2-4,6-7H2,1H3;4-5,10H,1-3H3;2*1H;/q;;;;+2/p-2. The molecule has 0 N–H and O–H groups in total. The van der Waals surface area contributed by atoms with Gasteiger partial charge in [-0.25, -0.2) is 0 Å². The van der Waals surface area contributed by atoms with E-state index in [-0.39, 0.29) is 24.8 Å². The molecule has 0 spiro atoms. The van der Waals surface area contributed by atoms with E-state index in [2.05, 4.69) is 86.9 Å². The molecule has 1 fully saturated rings. The molecule has 3 aliphatic carbocycles. The van der Waals surface area contributed by atoms with Crippen molar-refractivity contribution in [1.29, 1.82) is 0 Å². The van der Waals surface area contributed by atoms with Gasteiger partial charge in [-0.05, 0) is 23.9 Å². The first-order valence-corrected chi connectivity index (χ1v) is 18.7. The minimum Gasteiger partial charge on any atom is -1.00 e. The fourth-order valence-electron chi connectivity index (χ4n) is 7.27. The van der Waals surface area contributed by atoms with Gasteiger partial charge in [0.15, 0.2) is 0 Å². The first-order chi connectivity index (χ1) is 16.9. The van der Waals surface area contributed by atoms with Crippen LogP contribution in [-0.4, -0.2) is 8.07 Å². The predicted molar refractivity (Wildman–Crippen MR) is 151 cm³/mol. The van der Waals surface area contributed by atoms with Gasteiger partial charge in [0.1, 0.15) is 0 Å². The molecule has 37 heavy (non-hydrogen) atoms. The molecular weight excluding hydrogens is 607 g/mol. The van der Waals surface area contributed by atoms with Gasteiger partial charge in [0.05, 0.1) is 8.07 Å². The molecule has 3 heterocycles. The number of allylic oxidation sites excluding steroid dienone is 2. The summed E-state index contributed by atoms with van der Waals surface area (Å²) in [5, 5.41) is 4.01. The zero-order valence-electron chi connectivity index (χ0n) is 22.2. The fraction of sp³-hybridized carbons (Fsp3) is 0.375. The van der Waals surface area contributed by atoms with Crippen LogP contribution in [0.1, 0.15) is 88.2 Å². The van der Waals surface area contributed by atoms with Gasteiger partial charge in [-0.2, -0.15) is 0 Å². The van der Waals surface area contributed by atoms with Crippen molar-refractivity contribution in [3.63, 3.8) is 0 Å². The summed E-state index contributed by atoms with van der Waals surface area (Å²) in [6.45, 7) is 9.61. The van der Waals surface area contributed by atoms with Crippen molar-refractivity contribution in [2.45, 2.75) is 74.1 Å². The van der Waals surface area contributed by atoms with Gasteiger partial charge in [0.2, 0.25) is 0 Å². The third kappa shape index (κ3) is 4.91. The third-order valence-corrected chi connectivity index (χ3v) is 16.2. The maximum absolute atomic E-state index is 2.51. The van der Waals surface area contributed by atoms with Crippen molar-refractivity contribution in [2.24, 2.45) is 0 Å². The molecule has 1 saturated carbocycles. The molecular formula is C32H35Cl2SSiZr. The molecule has 0 radical (unpaired) electrons. The second-order valence-corrected chi connectivity index (χ2v) is 18.4. The molecule has 5 aliphatic rings. The molecule has 8 rings (SSSR count). The van der Waals surface area contributed by atoms with E-state index < -0.39 is 8.07 Å². The molecule has 1 aromatic heterocycles. The van der Waals surface area contributed by atoms with Gasteiger partial charge in [-0.1, -0.05) is 23.9 Å². The zero-order chi connectivity index (χ0) is 24.3. The molecule has 191 valence electrons. The SMILES string of the molecule is CC1=C2c3ccsc3C1[Si]2(C)C.CC1=Cc2c(-c3ccc(C4CCCCC4)cc3)cccc2[CH]1[Zr+2].[Cl-].[Cl-]. The van der Waals surface area contributed by atoms with E-state index in [9.17, 15) is 0 Å². The van der Waals surface area contributed by atoms with E-state index in [0.29, 0.717) is 3.63 Å². The molecule has 2 unspecified atom stereocenters. The molecule has 3 aromatic rings. The summed E-state index contributed by atoms with van der Waals surface area (Å²) < 4.78 is 0.652. The number of halogens is 2. The number of thiophene rings is 1. The van der Waals surface area contributed by atoms with E-state index in [1.54, 1.807) is 51.5 Å². The summed E-state index contributed by atoms with van der Waals surface area (Å²) in [6.07, 6.45) is 9.40. The van der Waals surface area contributed by atoms with Crippen LogP contribution in [-0.2, 0) is 24.7 Å². The number of hydrogen-bond donors (Lipinski definition) is 0. The Labute approximate surface area is 255 Å². The van der Waals surface area contributed by atoms with Gasteiger partial charge < -0.3 is 24.8 Å². The van der Waals surface area contributed by atoms with Gasteiger partial charge in [-0.15, -0.1) is 11.3 Å². The number of hydrogen-bond acceptors (Lipinski definition) is 1. The predicted octanol–water partition coefficient (Wildman–Crippen LogP) is 3.83. The van der Waals surface area contributed by atoms with Crippen molar-refractivity contribution in [1.82, 2.24) is 0 Å². The monoisotopic (exact) mass is 639 g/mol. The molecule has 0 saturated heterocycles. The molecule has 0 amide bonds. The third-order valence-electron chi connectivity index (χ3n) is 9.00. The van der Waals surface area contributed by atoms with Crippen molar-refractivity contribution in [3.8, 4) is 11.1 Å². The van der Waals surface area contributed by atoms with Crippen LogP contribution in [0.15, 0.2) is 65.1 Å². The number of rotatable bonds is 2. The van der Waals surface area contributed by atoms with Gasteiger partial charge in [0, 0.05) is 10.4 Å². The molecule has 5 heteroatoms. The summed E-state index contributed by atoms with van der Waals surface area (Å²) in [4.78, 5) is 1.68. The van der Waals surface area contributed by atoms with Crippen LogP contribution in [0, 0.1) is 0 Å². The molecule has 0 nitrogen and oxygen atoms in total. The average molecular weight is 642 g/mol. The van der Waals surface area contributed by atoms with Crippen LogP contribution in [0.4, 0.5) is 0 Å². The zero-order valence-corrected chi connectivity index (χ0v) is 28.0. The van der Waals surface area contributed by atoms with Crippen LogP contribution < -0.4 is 24.8 Å². The minimum absolute atomic E-state index is 0. The normalized spacial score (nSPS) is 22.5. The summed E-state index contributed by atoms with van der Waals surface area (Å²) in [5.74, 6) is 0.797. The second kappa shape index (κ2) is 11.4. The summed E-state index contributed by atoms with van der Waals surface area (Å²) in [7, 11) is -0.972. The Morgan fingerprint density at radius 1 is 0.865 bits per heavy atom. The van der Waals surface area contributed by atoms with E-state index in [1.807, 2.05) is 11.3 Å². The van der Waals surface area contributed by atoms with Crippen molar-refractivity contribution in [3.05, 3.63) is 92.2 Å². The van der Waals surface area contributed by atoms with Crippen LogP contribution in [0.3, 0.4) is 0 Å². The molecule has 2 atom stereocenters. The van der Waals surface area contributed by atoms with Gasteiger partial charge in [-0.3, -0.25) is 0 Å². The van der Waals surface area contributed by atoms with E-state index in [1.165, 1.54) is 59.9 Å². The Hall–Kier alpha value is -0.700. The smallest absolute Gasteiger partial charge is 1.00 e. The molecule has 2 bridgehead atoms. The largest absolute Gasteiger partial charge is 1.00 e. The van der Waals surface area contributed by atoms with E-state index in [0.717, 1.165) is 11.5 Å². The summed E-state index contributed by atoms with van der Waals surface area (Å²) in [6, 6.07) is 18.6. The van der Waals surface area contributed by atoms with Gasteiger partial charge >= 0.3 is 155 Å². The van der Waals surface area contributed by atoms with Gasteiger partial charge in [0.25, 0.3) is 0 Å². The van der Waals surface area contributed by atoms with E-state index >= 15 is 0 Å². The van der Waals surface area contributed by atoms with Crippen LogP contribution in [0.5, 0.6) is 0 Å². The van der Waals surface area contributed by atoms with Crippen LogP contribution in [0.2, 0.25) is 13.1 Å². The van der Waals surface area contributed by atoms with Crippen molar-refractivity contribution < 1.29 is 49.5 Å². The summed E-state index contributed by atoms with van der Waals surface area (Å²) in [5.41, 5.74) is 13.0. The topological polar surface area (TPSA) is 0 Å². The Bertz CT molecular complexity index is 1350. The summed E-state index contributed by atoms with van der Waals surface area (Å²) >= 11 is 3.56. The maximum Gasteiger partial charge on any atom is -1.00 e. The fourth-order valence-corrected chi connectivity index (χ4v) is 14.4. The first kappa shape index (κ1) is 29.3. The first-order valence-electron chi connectivity index (χ1n) is 13.3. The second-order valence-electron chi connectivity index (χ2n) is 11.5. The Morgan fingerprint density at radius 2 is 1.57 bits per heavy atom. The Balaban J connectivity index is 0.000000193. The Morgan fingerprint density at radius 3 is 2.22 bits per heavy atom. The number of fused-ring (bicyclic) bond motifs is 1. The van der Waals surface area contributed by atoms with E-state index in [4.69, 9.17) is 0 Å². The van der Waals surface area contributed by atoms with Crippen LogP contribution in [0.25, 0.3) is 22.4 Å². The Kier molecular flexibility index (Phi) is 9.04. The quantitative estimate of drug-likeness (QED) is 0.374. The molecule has 2 aliphatic heterocycles. The minimum atomic E-state index is -0.972.